The van der Waals surface area contributed by atoms with Crippen LogP contribution in [0.4, 0.5) is 4.79 Å². The summed E-state index contributed by atoms with van der Waals surface area (Å²) in [5.74, 6) is -1.39. The summed E-state index contributed by atoms with van der Waals surface area (Å²) in [5.41, 5.74) is 4.54. The number of ether oxygens (including phenoxy) is 1. The van der Waals surface area contributed by atoms with Gasteiger partial charge in [-0.1, -0.05) is 71.7 Å². The van der Waals surface area contributed by atoms with E-state index >= 15 is 0 Å². The van der Waals surface area contributed by atoms with Crippen molar-refractivity contribution < 1.29 is 19.4 Å². The topological polar surface area (TPSA) is 75.6 Å². The Morgan fingerprint density at radius 3 is 2.17 bits per heavy atom. The average Bonchev–Trinajstić information content (AvgIpc) is 3.06. The molecule has 7 heteroatoms. The number of carbonyl (C=O) groups is 2. The maximum atomic E-state index is 12.4. The molecule has 1 aliphatic rings. The van der Waals surface area contributed by atoms with Crippen molar-refractivity contribution in [3.63, 3.8) is 0 Å². The SMILES string of the molecule is O=C(NC(C(=O)O)c1cc(Cl)ccc1Cl)OCC1c2ccccc2-c2ccccc21. The van der Waals surface area contributed by atoms with Crippen molar-refractivity contribution in [2.45, 2.75) is 12.0 Å². The van der Waals surface area contributed by atoms with Crippen molar-refractivity contribution >= 4 is 35.3 Å². The lowest BCUT2D eigenvalue weighted by Gasteiger charge is -2.18. The number of aliphatic carboxylic acids is 1. The molecule has 30 heavy (non-hydrogen) atoms. The van der Waals surface area contributed by atoms with Crippen molar-refractivity contribution in [3.8, 4) is 11.1 Å². The highest BCUT2D eigenvalue weighted by molar-refractivity contribution is 6.33. The first-order valence-electron chi connectivity index (χ1n) is 9.25. The molecule has 3 aromatic rings. The molecule has 0 spiro atoms. The van der Waals surface area contributed by atoms with Crippen LogP contribution in [0.3, 0.4) is 0 Å². The highest BCUT2D eigenvalue weighted by atomic mass is 35.5. The summed E-state index contributed by atoms with van der Waals surface area (Å²) in [7, 11) is 0. The monoisotopic (exact) mass is 441 g/mol. The number of rotatable bonds is 5. The van der Waals surface area contributed by atoms with Crippen LogP contribution in [0.15, 0.2) is 66.7 Å². The van der Waals surface area contributed by atoms with Gasteiger partial charge >= 0.3 is 12.1 Å². The molecule has 3 aromatic carbocycles. The normalized spacial score (nSPS) is 13.3. The van der Waals surface area contributed by atoms with Crippen LogP contribution in [0, 0.1) is 0 Å². The number of hydrogen-bond donors (Lipinski definition) is 2. The molecule has 1 unspecified atom stereocenters. The van der Waals surface area contributed by atoms with Gasteiger partial charge in [0.25, 0.3) is 0 Å². The Morgan fingerprint density at radius 1 is 0.967 bits per heavy atom. The van der Waals surface area contributed by atoms with Gasteiger partial charge in [0, 0.05) is 21.5 Å². The summed E-state index contributed by atoms with van der Waals surface area (Å²) in [6.45, 7) is 0.0788. The highest BCUT2D eigenvalue weighted by Crippen LogP contribution is 2.44. The third-order valence-electron chi connectivity index (χ3n) is 5.12. The molecule has 1 atom stereocenters. The predicted molar refractivity (Wildman–Crippen MR) is 115 cm³/mol. The number of carboxylic acid groups (broad SMARTS) is 1. The van der Waals surface area contributed by atoms with Gasteiger partial charge in [-0.3, -0.25) is 0 Å². The van der Waals surface area contributed by atoms with E-state index in [9.17, 15) is 14.7 Å². The number of carbonyl (C=O) groups excluding carboxylic acids is 1. The maximum absolute atomic E-state index is 12.4. The van der Waals surface area contributed by atoms with Gasteiger partial charge in [-0.05, 0) is 40.5 Å². The molecular formula is C23H17Cl2NO4. The lowest BCUT2D eigenvalue weighted by Crippen LogP contribution is -2.35. The standard InChI is InChI=1S/C23H17Cl2NO4/c24-13-9-10-20(25)18(11-13)21(22(27)28)26-23(29)30-12-19-16-7-3-1-5-14(16)15-6-2-4-8-17(15)19/h1-11,19,21H,12H2,(H,26,29)(H,27,28). The third kappa shape index (κ3) is 3.86. The summed E-state index contributed by atoms with van der Waals surface area (Å²) >= 11 is 12.0. The van der Waals surface area contributed by atoms with E-state index in [0.29, 0.717) is 5.02 Å². The third-order valence-corrected chi connectivity index (χ3v) is 5.70. The molecule has 0 saturated heterocycles. The maximum Gasteiger partial charge on any atom is 0.408 e. The van der Waals surface area contributed by atoms with E-state index in [1.165, 1.54) is 12.1 Å². The number of halogens is 2. The fourth-order valence-corrected chi connectivity index (χ4v) is 4.17. The summed E-state index contributed by atoms with van der Waals surface area (Å²) < 4.78 is 5.42. The smallest absolute Gasteiger partial charge is 0.408 e. The molecule has 1 aliphatic carbocycles. The quantitative estimate of drug-likeness (QED) is 0.535. The van der Waals surface area contributed by atoms with Crippen LogP contribution in [0.5, 0.6) is 0 Å². The molecule has 152 valence electrons. The van der Waals surface area contributed by atoms with E-state index in [1.54, 1.807) is 6.07 Å². The molecule has 0 bridgehead atoms. The average molecular weight is 442 g/mol. The molecule has 0 fully saturated rings. The molecule has 5 nitrogen and oxygen atoms in total. The summed E-state index contributed by atoms with van der Waals surface area (Å²) in [6, 6.07) is 19.0. The van der Waals surface area contributed by atoms with E-state index in [2.05, 4.69) is 5.32 Å². The Morgan fingerprint density at radius 2 is 1.57 bits per heavy atom. The van der Waals surface area contributed by atoms with Gasteiger partial charge in [-0.2, -0.15) is 0 Å². The minimum Gasteiger partial charge on any atom is -0.479 e. The molecule has 4 rings (SSSR count). The molecule has 0 aromatic heterocycles. The fourth-order valence-electron chi connectivity index (χ4n) is 3.77. The predicted octanol–water partition coefficient (Wildman–Crippen LogP) is 5.66. The van der Waals surface area contributed by atoms with Crippen LogP contribution in [-0.4, -0.2) is 23.8 Å². The number of carboxylic acids is 1. The number of nitrogens with one attached hydrogen (secondary N) is 1. The second-order valence-electron chi connectivity index (χ2n) is 6.91. The van der Waals surface area contributed by atoms with Gasteiger partial charge in [-0.15, -0.1) is 0 Å². The number of fused-ring (bicyclic) bond motifs is 3. The lowest BCUT2D eigenvalue weighted by atomic mass is 9.98. The van der Waals surface area contributed by atoms with Crippen LogP contribution in [0.25, 0.3) is 11.1 Å². The van der Waals surface area contributed by atoms with Crippen molar-refractivity contribution in [1.82, 2.24) is 5.32 Å². The van der Waals surface area contributed by atoms with Crippen molar-refractivity contribution in [1.29, 1.82) is 0 Å². The number of hydrogen-bond acceptors (Lipinski definition) is 3. The zero-order chi connectivity index (χ0) is 21.3. The molecule has 0 saturated carbocycles. The summed E-state index contributed by atoms with van der Waals surface area (Å²) in [6.07, 6.45) is -0.847. The van der Waals surface area contributed by atoms with Crippen molar-refractivity contribution in [3.05, 3.63) is 93.5 Å². The minimum atomic E-state index is -1.38. The first kappa shape index (κ1) is 20.3. The van der Waals surface area contributed by atoms with Gasteiger partial charge in [0.1, 0.15) is 6.61 Å². The molecule has 1 amide bonds. The summed E-state index contributed by atoms with van der Waals surface area (Å²) in [5, 5.41) is 12.4. The fraction of sp³-hybridized carbons (Fsp3) is 0.130. The van der Waals surface area contributed by atoms with Crippen molar-refractivity contribution in [2.24, 2.45) is 0 Å². The van der Waals surface area contributed by atoms with Gasteiger partial charge in [0.15, 0.2) is 6.04 Å². The van der Waals surface area contributed by atoms with Gasteiger partial charge in [0.2, 0.25) is 0 Å². The first-order valence-corrected chi connectivity index (χ1v) is 10.0. The number of alkyl carbamates (subject to hydrolysis) is 1. The molecule has 0 heterocycles. The lowest BCUT2D eigenvalue weighted by molar-refractivity contribution is -0.139. The van der Waals surface area contributed by atoms with E-state index in [4.69, 9.17) is 27.9 Å². The van der Waals surface area contributed by atoms with Crippen molar-refractivity contribution in [2.75, 3.05) is 6.61 Å². The van der Waals surface area contributed by atoms with E-state index in [-0.39, 0.29) is 23.1 Å². The Kier molecular flexibility index (Phi) is 5.66. The Labute approximate surface area is 183 Å². The zero-order valence-corrected chi connectivity index (χ0v) is 17.2. The van der Waals surface area contributed by atoms with E-state index in [1.807, 2.05) is 48.5 Å². The number of amides is 1. The zero-order valence-electron chi connectivity index (χ0n) is 15.6. The van der Waals surface area contributed by atoms with Gasteiger partial charge < -0.3 is 15.2 Å². The summed E-state index contributed by atoms with van der Waals surface area (Å²) in [4.78, 5) is 24.2. The van der Waals surface area contributed by atoms with E-state index < -0.39 is 18.1 Å². The molecule has 0 radical (unpaired) electrons. The molecule has 0 aliphatic heterocycles. The molecular weight excluding hydrogens is 425 g/mol. The Bertz CT molecular complexity index is 1090. The van der Waals surface area contributed by atoms with Crippen LogP contribution in [0.2, 0.25) is 10.0 Å². The second-order valence-corrected chi connectivity index (χ2v) is 7.75. The van der Waals surface area contributed by atoms with Crippen LogP contribution in [0.1, 0.15) is 28.7 Å². The molecule has 2 N–H and O–H groups in total. The minimum absolute atomic E-state index is 0.0788. The second kappa shape index (κ2) is 8.38. The Hall–Kier alpha value is -3.02. The van der Waals surface area contributed by atoms with Gasteiger partial charge in [0.05, 0.1) is 0 Å². The number of benzene rings is 3. The van der Waals surface area contributed by atoms with Crippen LogP contribution in [-0.2, 0) is 9.53 Å². The highest BCUT2D eigenvalue weighted by Gasteiger charge is 2.30. The van der Waals surface area contributed by atoms with Crippen LogP contribution >= 0.6 is 23.2 Å². The van der Waals surface area contributed by atoms with Gasteiger partial charge in [-0.25, -0.2) is 9.59 Å². The van der Waals surface area contributed by atoms with E-state index in [0.717, 1.165) is 22.3 Å². The Balaban J connectivity index is 1.51. The largest absolute Gasteiger partial charge is 0.479 e. The first-order chi connectivity index (χ1) is 14.5. The van der Waals surface area contributed by atoms with Crippen LogP contribution < -0.4 is 5.32 Å².